The summed E-state index contributed by atoms with van der Waals surface area (Å²) in [6.45, 7) is 1.98. The van der Waals surface area contributed by atoms with Crippen molar-refractivity contribution in [1.29, 1.82) is 0 Å². The average molecular weight is 322 g/mol. The van der Waals surface area contributed by atoms with E-state index < -0.39 is 0 Å². The molecule has 0 aromatic carbocycles. The zero-order valence-corrected chi connectivity index (χ0v) is 14.1. The van der Waals surface area contributed by atoms with Crippen molar-refractivity contribution >= 4 is 17.2 Å². The Kier molecular flexibility index (Phi) is 5.34. The topological polar surface area (TPSA) is 42.3 Å². The van der Waals surface area contributed by atoms with E-state index in [0.29, 0.717) is 0 Å². The lowest BCUT2D eigenvalue weighted by Crippen LogP contribution is -2.38. The van der Waals surface area contributed by atoms with E-state index in [-0.39, 0.29) is 17.3 Å². The summed E-state index contributed by atoms with van der Waals surface area (Å²) in [6, 6.07) is 0. The first-order valence-electron chi connectivity index (χ1n) is 8.75. The fourth-order valence-corrected chi connectivity index (χ4v) is 4.67. The minimum atomic E-state index is 0.0623. The molecular formula is C17H26N2O2S. The van der Waals surface area contributed by atoms with Crippen molar-refractivity contribution < 1.29 is 4.79 Å². The number of hydrogen-bond acceptors (Lipinski definition) is 3. The molecule has 4 nitrogen and oxygen atoms in total. The number of likely N-dealkylation sites (tertiary alicyclic amines) is 1. The van der Waals surface area contributed by atoms with Gasteiger partial charge in [-0.25, -0.2) is 0 Å². The standard InChI is InChI=1S/C17H26N2O2S/c20-16(18-11-7-2-1-3-8-12-18)13-19-14-9-5-4-6-10-15(14)22-17(19)21/h1-13H2. The minimum absolute atomic E-state index is 0.0623. The molecule has 1 saturated heterocycles. The van der Waals surface area contributed by atoms with Gasteiger partial charge < -0.3 is 4.90 Å². The fraction of sp³-hybridized carbons (Fsp3) is 0.765. The fourth-order valence-electron chi connectivity index (χ4n) is 3.60. The monoisotopic (exact) mass is 322 g/mol. The lowest BCUT2D eigenvalue weighted by atomic mass is 10.1. The van der Waals surface area contributed by atoms with Gasteiger partial charge in [0.15, 0.2) is 0 Å². The normalized spacial score (nSPS) is 19.9. The van der Waals surface area contributed by atoms with Gasteiger partial charge in [-0.1, -0.05) is 37.0 Å². The van der Waals surface area contributed by atoms with Gasteiger partial charge in [-0.3, -0.25) is 14.2 Å². The number of nitrogens with zero attached hydrogens (tertiary/aromatic N) is 2. The Hall–Kier alpha value is -1.10. The second kappa shape index (κ2) is 7.44. The minimum Gasteiger partial charge on any atom is -0.341 e. The summed E-state index contributed by atoms with van der Waals surface area (Å²) in [6.07, 6.45) is 11.4. The van der Waals surface area contributed by atoms with E-state index in [1.54, 1.807) is 4.57 Å². The molecule has 22 heavy (non-hydrogen) atoms. The van der Waals surface area contributed by atoms with Gasteiger partial charge in [0, 0.05) is 23.7 Å². The van der Waals surface area contributed by atoms with E-state index in [0.717, 1.165) is 50.9 Å². The number of thiazole rings is 1. The van der Waals surface area contributed by atoms with Gasteiger partial charge >= 0.3 is 4.87 Å². The summed E-state index contributed by atoms with van der Waals surface area (Å²) in [7, 11) is 0. The number of aryl methyl sites for hydroxylation is 1. The predicted octanol–water partition coefficient (Wildman–Crippen LogP) is 2.97. The van der Waals surface area contributed by atoms with Crippen LogP contribution in [0.4, 0.5) is 0 Å². The molecule has 1 aromatic rings. The molecule has 1 aliphatic heterocycles. The van der Waals surface area contributed by atoms with Crippen LogP contribution in [0.25, 0.3) is 0 Å². The molecule has 2 heterocycles. The van der Waals surface area contributed by atoms with E-state index in [1.807, 2.05) is 4.90 Å². The zero-order chi connectivity index (χ0) is 15.4. The van der Waals surface area contributed by atoms with Crippen molar-refractivity contribution in [2.45, 2.75) is 70.8 Å². The third-order valence-electron chi connectivity index (χ3n) is 4.90. The van der Waals surface area contributed by atoms with Crippen LogP contribution in [0.1, 0.15) is 61.9 Å². The zero-order valence-electron chi connectivity index (χ0n) is 13.3. The Bertz CT molecular complexity index is 568. The van der Waals surface area contributed by atoms with Crippen molar-refractivity contribution in [2.24, 2.45) is 0 Å². The maximum Gasteiger partial charge on any atom is 0.308 e. The largest absolute Gasteiger partial charge is 0.341 e. The number of hydrogen-bond donors (Lipinski definition) is 0. The molecule has 5 heteroatoms. The van der Waals surface area contributed by atoms with Crippen LogP contribution in [0.3, 0.4) is 0 Å². The highest BCUT2D eigenvalue weighted by Gasteiger charge is 2.21. The van der Waals surface area contributed by atoms with Crippen molar-refractivity contribution in [2.75, 3.05) is 13.1 Å². The molecule has 0 bridgehead atoms. The first kappa shape index (κ1) is 15.8. The first-order chi connectivity index (χ1) is 10.8. The molecule has 0 radical (unpaired) electrons. The van der Waals surface area contributed by atoms with Gasteiger partial charge in [0.05, 0.1) is 0 Å². The Balaban J connectivity index is 1.73. The summed E-state index contributed by atoms with van der Waals surface area (Å²) in [5, 5.41) is 0. The highest BCUT2D eigenvalue weighted by atomic mass is 32.1. The third-order valence-corrected chi connectivity index (χ3v) is 5.98. The number of rotatable bonds is 2. The Morgan fingerprint density at radius 2 is 1.55 bits per heavy atom. The number of carbonyl (C=O) groups is 1. The Morgan fingerprint density at radius 1 is 0.909 bits per heavy atom. The predicted molar refractivity (Wildman–Crippen MR) is 89.5 cm³/mol. The van der Waals surface area contributed by atoms with Crippen LogP contribution in [0.5, 0.6) is 0 Å². The van der Waals surface area contributed by atoms with E-state index in [2.05, 4.69) is 0 Å². The summed E-state index contributed by atoms with van der Waals surface area (Å²) in [5.74, 6) is 0.133. The molecule has 2 aliphatic rings. The van der Waals surface area contributed by atoms with E-state index >= 15 is 0 Å². The van der Waals surface area contributed by atoms with Crippen LogP contribution in [0.2, 0.25) is 0 Å². The quantitative estimate of drug-likeness (QED) is 0.786. The SMILES string of the molecule is O=C(Cn1c2c(sc1=O)CCCCC2)N1CCCCCCC1. The Morgan fingerprint density at radius 3 is 2.32 bits per heavy atom. The molecular weight excluding hydrogens is 296 g/mol. The van der Waals surface area contributed by atoms with E-state index in [4.69, 9.17) is 0 Å². The van der Waals surface area contributed by atoms with E-state index in [9.17, 15) is 9.59 Å². The second-order valence-corrected chi connectivity index (χ2v) is 7.58. The molecule has 122 valence electrons. The molecule has 3 rings (SSSR count). The summed E-state index contributed by atoms with van der Waals surface area (Å²) >= 11 is 1.36. The average Bonchev–Trinajstić information content (AvgIpc) is 2.63. The van der Waals surface area contributed by atoms with Crippen molar-refractivity contribution in [3.8, 4) is 0 Å². The van der Waals surface area contributed by atoms with Gasteiger partial charge in [0.2, 0.25) is 5.91 Å². The molecule has 0 unspecified atom stereocenters. The number of amides is 1. The van der Waals surface area contributed by atoms with Gasteiger partial charge in [-0.05, 0) is 38.5 Å². The lowest BCUT2D eigenvalue weighted by Gasteiger charge is -2.25. The van der Waals surface area contributed by atoms with Crippen LogP contribution >= 0.6 is 11.3 Å². The molecule has 0 spiro atoms. The van der Waals surface area contributed by atoms with Gasteiger partial charge in [-0.15, -0.1) is 0 Å². The Labute approximate surface area is 136 Å². The maximum atomic E-state index is 12.6. The smallest absolute Gasteiger partial charge is 0.308 e. The van der Waals surface area contributed by atoms with Crippen molar-refractivity contribution in [3.63, 3.8) is 0 Å². The molecule has 0 saturated carbocycles. The molecule has 1 amide bonds. The van der Waals surface area contributed by atoms with Crippen LogP contribution in [0, 0.1) is 0 Å². The molecule has 0 atom stereocenters. The summed E-state index contributed by atoms with van der Waals surface area (Å²) < 4.78 is 1.77. The third kappa shape index (κ3) is 3.62. The molecule has 0 N–H and O–H groups in total. The van der Waals surface area contributed by atoms with Crippen LogP contribution in [-0.2, 0) is 24.2 Å². The second-order valence-electron chi connectivity index (χ2n) is 6.53. The maximum absolute atomic E-state index is 12.6. The van der Waals surface area contributed by atoms with Crippen molar-refractivity contribution in [1.82, 2.24) is 9.47 Å². The number of aromatic nitrogens is 1. The van der Waals surface area contributed by atoms with Crippen molar-refractivity contribution in [3.05, 3.63) is 20.2 Å². The number of fused-ring (bicyclic) bond motifs is 1. The summed E-state index contributed by atoms with van der Waals surface area (Å²) in [4.78, 5) is 28.2. The summed E-state index contributed by atoms with van der Waals surface area (Å²) in [5.41, 5.74) is 1.15. The molecule has 1 aromatic heterocycles. The first-order valence-corrected chi connectivity index (χ1v) is 9.56. The van der Waals surface area contributed by atoms with Gasteiger partial charge in [-0.2, -0.15) is 0 Å². The number of carbonyl (C=O) groups excluding carboxylic acids is 1. The molecule has 1 aliphatic carbocycles. The van der Waals surface area contributed by atoms with Gasteiger partial charge in [0.1, 0.15) is 6.54 Å². The highest BCUT2D eigenvalue weighted by molar-refractivity contribution is 7.09. The molecule has 1 fully saturated rings. The van der Waals surface area contributed by atoms with E-state index in [1.165, 1.54) is 48.3 Å². The van der Waals surface area contributed by atoms with Crippen LogP contribution in [-0.4, -0.2) is 28.5 Å². The lowest BCUT2D eigenvalue weighted by molar-refractivity contribution is -0.132. The highest BCUT2D eigenvalue weighted by Crippen LogP contribution is 2.23. The van der Waals surface area contributed by atoms with Gasteiger partial charge in [0.25, 0.3) is 0 Å². The van der Waals surface area contributed by atoms with Crippen LogP contribution < -0.4 is 4.87 Å². The van der Waals surface area contributed by atoms with Crippen LogP contribution in [0.15, 0.2) is 4.79 Å².